The van der Waals surface area contributed by atoms with Gasteiger partial charge in [-0.2, -0.15) is 8.42 Å². The summed E-state index contributed by atoms with van der Waals surface area (Å²) in [7, 11) is -4.88. The van der Waals surface area contributed by atoms with Crippen LogP contribution in [0.25, 0.3) is 0 Å². The molecule has 0 aliphatic rings. The number of carbonyl (C=O) groups is 1. The molecule has 0 fully saturated rings. The van der Waals surface area contributed by atoms with Gasteiger partial charge in [0.25, 0.3) is 10.1 Å². The van der Waals surface area contributed by atoms with E-state index in [-0.39, 0.29) is 0 Å². The molecule has 0 aliphatic carbocycles. The molecule has 0 aromatic heterocycles. The second-order valence-electron chi connectivity index (χ2n) is 2.75. The summed E-state index contributed by atoms with van der Waals surface area (Å²) in [6.07, 6.45) is 0. The monoisotopic (exact) mass is 250 g/mol. The molecule has 0 bridgehead atoms. The van der Waals surface area contributed by atoms with Gasteiger partial charge in [-0.05, 0) is 0 Å². The summed E-state index contributed by atoms with van der Waals surface area (Å²) >= 11 is 0. The lowest BCUT2D eigenvalue weighted by atomic mass is 10.1. The van der Waals surface area contributed by atoms with Crippen LogP contribution in [0.5, 0.6) is 17.2 Å². The maximum Gasteiger partial charge on any atom is 0.343 e. The third-order valence-electron chi connectivity index (χ3n) is 1.71. The first-order valence-corrected chi connectivity index (χ1v) is 5.09. The van der Waals surface area contributed by atoms with Crippen molar-refractivity contribution >= 4 is 16.1 Å². The normalized spacial score (nSPS) is 11.3. The van der Waals surface area contributed by atoms with Crippen molar-refractivity contribution in [1.82, 2.24) is 0 Å². The highest BCUT2D eigenvalue weighted by atomic mass is 32.2. The minimum Gasteiger partial charge on any atom is -0.507 e. The molecule has 0 aliphatic heterocycles. The van der Waals surface area contributed by atoms with Crippen molar-refractivity contribution in [2.45, 2.75) is 4.90 Å². The molecule has 88 valence electrons. The molecule has 0 saturated carbocycles. The highest BCUT2D eigenvalue weighted by Crippen LogP contribution is 2.40. The summed E-state index contributed by atoms with van der Waals surface area (Å²) in [6, 6.07) is 0.313. The first-order valence-electron chi connectivity index (χ1n) is 3.65. The first kappa shape index (κ1) is 12.1. The lowest BCUT2D eigenvalue weighted by molar-refractivity contribution is 0.0689. The molecule has 9 heteroatoms. The van der Waals surface area contributed by atoms with E-state index in [9.17, 15) is 13.2 Å². The zero-order chi connectivity index (χ0) is 12.7. The maximum atomic E-state index is 10.7. The van der Waals surface area contributed by atoms with Gasteiger partial charge in [-0.1, -0.05) is 0 Å². The van der Waals surface area contributed by atoms with Crippen LogP contribution in [0.3, 0.4) is 0 Å². The van der Waals surface area contributed by atoms with E-state index in [2.05, 4.69) is 0 Å². The fourth-order valence-corrected chi connectivity index (χ4v) is 1.63. The Morgan fingerprint density at radius 2 is 1.62 bits per heavy atom. The number of phenolic OH excluding ortho intramolecular Hbond substituents is 1. The number of phenols is 3. The average molecular weight is 250 g/mol. The van der Waals surface area contributed by atoms with Crippen LogP contribution in [0, 0.1) is 0 Å². The maximum absolute atomic E-state index is 10.7. The van der Waals surface area contributed by atoms with Gasteiger partial charge in [0.1, 0.15) is 16.2 Å². The summed E-state index contributed by atoms with van der Waals surface area (Å²) in [5.41, 5.74) is -1.06. The molecular weight excluding hydrogens is 244 g/mol. The minimum atomic E-state index is -4.88. The Morgan fingerprint density at radius 3 is 2.00 bits per heavy atom. The van der Waals surface area contributed by atoms with Crippen LogP contribution in [0.4, 0.5) is 0 Å². The molecule has 5 N–H and O–H groups in total. The van der Waals surface area contributed by atoms with Crippen LogP contribution in [0.15, 0.2) is 11.0 Å². The van der Waals surface area contributed by atoms with Gasteiger partial charge < -0.3 is 20.4 Å². The van der Waals surface area contributed by atoms with Gasteiger partial charge in [-0.25, -0.2) is 4.79 Å². The van der Waals surface area contributed by atoms with Crippen LogP contribution >= 0.6 is 0 Å². The van der Waals surface area contributed by atoms with Crippen LogP contribution in [-0.2, 0) is 10.1 Å². The minimum absolute atomic E-state index is 0.313. The molecule has 1 aromatic rings. The van der Waals surface area contributed by atoms with Gasteiger partial charge in [0.2, 0.25) is 0 Å². The van der Waals surface area contributed by atoms with Crippen molar-refractivity contribution in [3.63, 3.8) is 0 Å². The smallest absolute Gasteiger partial charge is 0.343 e. The predicted octanol–water partition coefficient (Wildman–Crippen LogP) is -0.252. The molecule has 0 atom stereocenters. The largest absolute Gasteiger partial charge is 0.507 e. The molecule has 0 amide bonds. The lowest BCUT2D eigenvalue weighted by Gasteiger charge is -2.08. The van der Waals surface area contributed by atoms with Gasteiger partial charge in [0.05, 0.1) is 0 Å². The standard InChI is InChI=1S/C7H6O8S/c8-2-1-3(16(13,14)15)5(9)6(10)4(2)7(11)12/h1,8-10H,(H,11,12)(H,13,14,15). The molecule has 1 rings (SSSR count). The summed E-state index contributed by atoms with van der Waals surface area (Å²) in [5.74, 6) is -5.57. The second-order valence-corrected chi connectivity index (χ2v) is 4.14. The number of rotatable bonds is 2. The van der Waals surface area contributed by atoms with Gasteiger partial charge in [0, 0.05) is 6.07 Å². The molecular formula is C7H6O8S. The Kier molecular flexibility index (Phi) is 2.67. The Bertz CT molecular complexity index is 558. The Hall–Kier alpha value is -2.00. The van der Waals surface area contributed by atoms with Crippen molar-refractivity contribution < 1.29 is 38.2 Å². The number of carboxylic acids is 1. The summed E-state index contributed by atoms with van der Waals surface area (Å²) in [6.45, 7) is 0. The van der Waals surface area contributed by atoms with Crippen molar-refractivity contribution in [3.8, 4) is 17.2 Å². The molecule has 16 heavy (non-hydrogen) atoms. The highest BCUT2D eigenvalue weighted by molar-refractivity contribution is 7.86. The Labute approximate surface area is 88.8 Å². The number of hydrogen-bond donors (Lipinski definition) is 5. The van der Waals surface area contributed by atoms with Crippen molar-refractivity contribution in [3.05, 3.63) is 11.6 Å². The number of aromatic carboxylic acids is 1. The molecule has 0 heterocycles. The van der Waals surface area contributed by atoms with E-state index in [0.29, 0.717) is 6.07 Å². The van der Waals surface area contributed by atoms with Crippen molar-refractivity contribution in [2.24, 2.45) is 0 Å². The molecule has 0 unspecified atom stereocenters. The zero-order valence-electron chi connectivity index (χ0n) is 7.45. The molecule has 0 spiro atoms. The molecule has 8 nitrogen and oxygen atoms in total. The van der Waals surface area contributed by atoms with Crippen molar-refractivity contribution in [1.29, 1.82) is 0 Å². The summed E-state index contributed by atoms with van der Waals surface area (Å²) in [5, 5.41) is 35.9. The number of benzene rings is 1. The fourth-order valence-electron chi connectivity index (χ4n) is 1.03. The Morgan fingerprint density at radius 1 is 1.12 bits per heavy atom. The van der Waals surface area contributed by atoms with E-state index in [1.807, 2.05) is 0 Å². The summed E-state index contributed by atoms with van der Waals surface area (Å²) in [4.78, 5) is 9.33. The van der Waals surface area contributed by atoms with E-state index >= 15 is 0 Å². The van der Waals surface area contributed by atoms with Crippen LogP contribution in [0.2, 0.25) is 0 Å². The van der Waals surface area contributed by atoms with Gasteiger partial charge in [0.15, 0.2) is 11.5 Å². The Balaban J connectivity index is 3.72. The molecule has 0 saturated heterocycles. The van der Waals surface area contributed by atoms with E-state index in [1.54, 1.807) is 0 Å². The van der Waals surface area contributed by atoms with Crippen LogP contribution in [0.1, 0.15) is 10.4 Å². The van der Waals surface area contributed by atoms with Crippen LogP contribution in [-0.4, -0.2) is 39.4 Å². The quantitative estimate of drug-likeness (QED) is 0.273. The van der Waals surface area contributed by atoms with E-state index in [0.717, 1.165) is 0 Å². The topological polar surface area (TPSA) is 152 Å². The highest BCUT2D eigenvalue weighted by Gasteiger charge is 2.27. The van der Waals surface area contributed by atoms with E-state index in [1.165, 1.54) is 0 Å². The van der Waals surface area contributed by atoms with Gasteiger partial charge in [-0.3, -0.25) is 4.55 Å². The number of aromatic hydroxyl groups is 3. The average Bonchev–Trinajstić information content (AvgIpc) is 2.09. The fraction of sp³-hybridized carbons (Fsp3) is 0. The molecule has 0 radical (unpaired) electrons. The van der Waals surface area contributed by atoms with Crippen LogP contribution < -0.4 is 0 Å². The van der Waals surface area contributed by atoms with E-state index < -0.39 is 43.8 Å². The number of carboxylic acid groups (broad SMARTS) is 1. The van der Waals surface area contributed by atoms with Gasteiger partial charge in [-0.15, -0.1) is 0 Å². The lowest BCUT2D eigenvalue weighted by Crippen LogP contribution is -2.03. The second kappa shape index (κ2) is 3.54. The van der Waals surface area contributed by atoms with Gasteiger partial charge >= 0.3 is 5.97 Å². The third-order valence-corrected chi connectivity index (χ3v) is 2.58. The van der Waals surface area contributed by atoms with E-state index in [4.69, 9.17) is 25.0 Å². The SMILES string of the molecule is O=C(O)c1c(O)cc(S(=O)(=O)O)c(O)c1O. The third kappa shape index (κ3) is 1.85. The number of hydrogen-bond acceptors (Lipinski definition) is 6. The zero-order valence-corrected chi connectivity index (χ0v) is 8.26. The summed E-state index contributed by atoms with van der Waals surface area (Å²) < 4.78 is 29.9. The molecule has 1 aromatic carbocycles. The predicted molar refractivity (Wildman–Crippen MR) is 48.2 cm³/mol. The first-order chi connectivity index (χ1) is 7.16. The van der Waals surface area contributed by atoms with Crippen molar-refractivity contribution in [2.75, 3.05) is 0 Å².